The second-order valence-electron chi connectivity index (χ2n) is 5.02. The molecule has 0 radical (unpaired) electrons. The monoisotopic (exact) mass is 278 g/mol. The molecule has 0 unspecified atom stereocenters. The lowest BCUT2D eigenvalue weighted by molar-refractivity contribution is 0.101. The van der Waals surface area contributed by atoms with E-state index in [1.807, 2.05) is 31.2 Å². The van der Waals surface area contributed by atoms with E-state index in [9.17, 15) is 4.79 Å². The zero-order chi connectivity index (χ0) is 13.5. The SMILES string of the molecule is CCOc1ccccc1C(=O)CSCC1CCCC1. The Morgan fingerprint density at radius 1 is 1.32 bits per heavy atom. The summed E-state index contributed by atoms with van der Waals surface area (Å²) in [7, 11) is 0. The van der Waals surface area contributed by atoms with Crippen molar-refractivity contribution in [3.05, 3.63) is 29.8 Å². The van der Waals surface area contributed by atoms with Crippen LogP contribution in [0.15, 0.2) is 24.3 Å². The molecule has 2 rings (SSSR count). The maximum absolute atomic E-state index is 12.2. The Morgan fingerprint density at radius 2 is 2.05 bits per heavy atom. The molecule has 19 heavy (non-hydrogen) atoms. The highest BCUT2D eigenvalue weighted by atomic mass is 32.2. The zero-order valence-electron chi connectivity index (χ0n) is 11.6. The van der Waals surface area contributed by atoms with Gasteiger partial charge in [-0.2, -0.15) is 11.8 Å². The number of carbonyl (C=O) groups is 1. The van der Waals surface area contributed by atoms with E-state index in [1.54, 1.807) is 11.8 Å². The van der Waals surface area contributed by atoms with Crippen molar-refractivity contribution in [1.29, 1.82) is 0 Å². The number of Topliss-reactive ketones (excluding diaryl/α,β-unsaturated/α-hetero) is 1. The van der Waals surface area contributed by atoms with Crippen LogP contribution in [0.3, 0.4) is 0 Å². The predicted molar refractivity (Wildman–Crippen MR) is 81.2 cm³/mol. The number of hydrogen-bond donors (Lipinski definition) is 0. The largest absolute Gasteiger partial charge is 0.493 e. The Bertz CT molecular complexity index is 411. The molecular weight excluding hydrogens is 256 g/mol. The number of benzene rings is 1. The van der Waals surface area contributed by atoms with Crippen LogP contribution in [0, 0.1) is 5.92 Å². The van der Waals surface area contributed by atoms with Gasteiger partial charge in [0.05, 0.1) is 17.9 Å². The molecular formula is C16H22O2S. The van der Waals surface area contributed by atoms with Crippen LogP contribution in [-0.4, -0.2) is 23.9 Å². The summed E-state index contributed by atoms with van der Waals surface area (Å²) in [4.78, 5) is 12.2. The summed E-state index contributed by atoms with van der Waals surface area (Å²) in [5.74, 6) is 3.44. The zero-order valence-corrected chi connectivity index (χ0v) is 12.4. The van der Waals surface area contributed by atoms with Gasteiger partial charge in [-0.05, 0) is 43.6 Å². The quantitative estimate of drug-likeness (QED) is 0.699. The maximum atomic E-state index is 12.2. The molecule has 0 saturated heterocycles. The third-order valence-electron chi connectivity index (χ3n) is 3.55. The van der Waals surface area contributed by atoms with E-state index < -0.39 is 0 Å². The molecule has 104 valence electrons. The van der Waals surface area contributed by atoms with Crippen LogP contribution in [0.5, 0.6) is 5.75 Å². The fourth-order valence-corrected chi connectivity index (χ4v) is 3.68. The van der Waals surface area contributed by atoms with Crippen LogP contribution in [0.25, 0.3) is 0 Å². The Balaban J connectivity index is 1.84. The molecule has 1 aromatic rings. The minimum atomic E-state index is 0.187. The van der Waals surface area contributed by atoms with Gasteiger partial charge < -0.3 is 4.74 Å². The Labute approximate surface area is 119 Å². The first-order valence-electron chi connectivity index (χ1n) is 7.14. The summed E-state index contributed by atoms with van der Waals surface area (Å²) >= 11 is 1.78. The van der Waals surface area contributed by atoms with Gasteiger partial charge in [0.1, 0.15) is 5.75 Å². The van der Waals surface area contributed by atoms with E-state index in [0.717, 1.165) is 23.0 Å². The Hall–Kier alpha value is -0.960. The lowest BCUT2D eigenvalue weighted by Gasteiger charge is -2.10. The average molecular weight is 278 g/mol. The van der Waals surface area contributed by atoms with E-state index in [2.05, 4.69) is 0 Å². The summed E-state index contributed by atoms with van der Waals surface area (Å²) in [6.07, 6.45) is 5.42. The number of para-hydroxylation sites is 1. The van der Waals surface area contributed by atoms with Crippen molar-refractivity contribution in [3.63, 3.8) is 0 Å². The second-order valence-corrected chi connectivity index (χ2v) is 6.05. The van der Waals surface area contributed by atoms with Crippen LogP contribution in [0.2, 0.25) is 0 Å². The number of carbonyl (C=O) groups excluding carboxylic acids is 1. The maximum Gasteiger partial charge on any atom is 0.176 e. The van der Waals surface area contributed by atoms with Crippen LogP contribution >= 0.6 is 11.8 Å². The number of rotatable bonds is 7. The van der Waals surface area contributed by atoms with E-state index in [1.165, 1.54) is 25.7 Å². The minimum absolute atomic E-state index is 0.187. The minimum Gasteiger partial charge on any atom is -0.493 e. The summed E-state index contributed by atoms with van der Waals surface area (Å²) in [5.41, 5.74) is 0.725. The first kappa shape index (κ1) is 14.4. The molecule has 0 amide bonds. The first-order valence-corrected chi connectivity index (χ1v) is 8.29. The molecule has 1 fully saturated rings. The first-order chi connectivity index (χ1) is 9.31. The smallest absolute Gasteiger partial charge is 0.176 e. The highest BCUT2D eigenvalue weighted by Gasteiger charge is 2.16. The molecule has 1 saturated carbocycles. The normalized spacial score (nSPS) is 15.6. The van der Waals surface area contributed by atoms with Gasteiger partial charge in [0.15, 0.2) is 5.78 Å². The molecule has 0 bridgehead atoms. The van der Waals surface area contributed by atoms with Crippen LogP contribution < -0.4 is 4.74 Å². The Morgan fingerprint density at radius 3 is 2.79 bits per heavy atom. The third kappa shape index (κ3) is 4.27. The molecule has 0 atom stereocenters. The van der Waals surface area contributed by atoms with Crippen molar-refractivity contribution in [1.82, 2.24) is 0 Å². The summed E-state index contributed by atoms with van der Waals surface area (Å²) in [6.45, 7) is 2.54. The van der Waals surface area contributed by atoms with Gasteiger partial charge in [-0.1, -0.05) is 25.0 Å². The van der Waals surface area contributed by atoms with E-state index in [-0.39, 0.29) is 5.78 Å². The van der Waals surface area contributed by atoms with Crippen molar-refractivity contribution in [3.8, 4) is 5.75 Å². The molecule has 2 nitrogen and oxygen atoms in total. The van der Waals surface area contributed by atoms with Gasteiger partial charge in [0, 0.05) is 0 Å². The summed E-state index contributed by atoms with van der Waals surface area (Å²) in [5, 5.41) is 0. The molecule has 0 aliphatic heterocycles. The number of thioether (sulfide) groups is 1. The fourth-order valence-electron chi connectivity index (χ4n) is 2.55. The lowest BCUT2D eigenvalue weighted by Crippen LogP contribution is -2.08. The fraction of sp³-hybridized carbons (Fsp3) is 0.562. The van der Waals surface area contributed by atoms with Crippen molar-refractivity contribution in [2.75, 3.05) is 18.1 Å². The van der Waals surface area contributed by atoms with Gasteiger partial charge in [0.2, 0.25) is 0 Å². The predicted octanol–water partition coefficient (Wildman–Crippen LogP) is 4.19. The van der Waals surface area contributed by atoms with E-state index in [0.29, 0.717) is 12.4 Å². The molecule has 0 N–H and O–H groups in total. The van der Waals surface area contributed by atoms with Crippen molar-refractivity contribution < 1.29 is 9.53 Å². The Kier molecular flexibility index (Phi) is 5.77. The number of ketones is 1. The highest BCUT2D eigenvalue weighted by molar-refractivity contribution is 7.99. The average Bonchev–Trinajstić information content (AvgIpc) is 2.93. The summed E-state index contributed by atoms with van der Waals surface area (Å²) < 4.78 is 5.51. The standard InChI is InChI=1S/C16H22O2S/c1-2-18-16-10-6-5-9-14(16)15(17)12-19-11-13-7-3-4-8-13/h5-6,9-10,13H,2-4,7-8,11-12H2,1H3. The molecule has 0 heterocycles. The molecule has 3 heteroatoms. The van der Waals surface area contributed by atoms with Gasteiger partial charge in [0.25, 0.3) is 0 Å². The van der Waals surface area contributed by atoms with E-state index >= 15 is 0 Å². The number of ether oxygens (including phenoxy) is 1. The van der Waals surface area contributed by atoms with Crippen LogP contribution in [0.4, 0.5) is 0 Å². The molecule has 0 spiro atoms. The second kappa shape index (κ2) is 7.59. The van der Waals surface area contributed by atoms with Gasteiger partial charge in [-0.15, -0.1) is 0 Å². The van der Waals surface area contributed by atoms with Crippen molar-refractivity contribution in [2.24, 2.45) is 5.92 Å². The topological polar surface area (TPSA) is 26.3 Å². The summed E-state index contributed by atoms with van der Waals surface area (Å²) in [6, 6.07) is 7.55. The molecule has 1 aliphatic carbocycles. The lowest BCUT2D eigenvalue weighted by atomic mass is 10.1. The van der Waals surface area contributed by atoms with Crippen molar-refractivity contribution in [2.45, 2.75) is 32.6 Å². The van der Waals surface area contributed by atoms with Crippen LogP contribution in [0.1, 0.15) is 43.0 Å². The molecule has 1 aliphatic rings. The highest BCUT2D eigenvalue weighted by Crippen LogP contribution is 2.28. The third-order valence-corrected chi connectivity index (χ3v) is 4.72. The number of hydrogen-bond acceptors (Lipinski definition) is 3. The van der Waals surface area contributed by atoms with E-state index in [4.69, 9.17) is 4.74 Å². The van der Waals surface area contributed by atoms with Gasteiger partial charge in [-0.3, -0.25) is 4.79 Å². The van der Waals surface area contributed by atoms with Gasteiger partial charge >= 0.3 is 0 Å². The van der Waals surface area contributed by atoms with Crippen LogP contribution in [-0.2, 0) is 0 Å². The van der Waals surface area contributed by atoms with Gasteiger partial charge in [-0.25, -0.2) is 0 Å². The molecule has 0 aromatic heterocycles. The molecule has 1 aromatic carbocycles. The van der Waals surface area contributed by atoms with Crippen molar-refractivity contribution >= 4 is 17.5 Å².